The molecule has 0 aliphatic carbocycles. The van der Waals surface area contributed by atoms with Gasteiger partial charge in [0.05, 0.1) is 0 Å². The SMILES string of the molecule is CCCCCCCCCCCCCCCCC(=O)OC[C@@H](COC(=O)CCCCCCCCCCCCCCCCC(C)C)OC(=O)CCCCCCCCCCCCCCCCCCCCC(C)C. The second kappa shape index (κ2) is 56.7. The number of hydrogen-bond donors (Lipinski definition) is 0. The molecule has 0 N–H and O–H groups in total. The molecule has 0 saturated heterocycles. The number of esters is 3. The van der Waals surface area contributed by atoms with E-state index in [-0.39, 0.29) is 31.1 Å². The van der Waals surface area contributed by atoms with Gasteiger partial charge in [-0.3, -0.25) is 14.4 Å². The zero-order valence-corrected chi connectivity index (χ0v) is 48.2. The fourth-order valence-electron chi connectivity index (χ4n) is 9.93. The second-order valence-electron chi connectivity index (χ2n) is 23.0. The molecular weight excluding hydrogens is 865 g/mol. The second-order valence-corrected chi connectivity index (χ2v) is 23.0. The molecule has 0 aliphatic heterocycles. The fourth-order valence-corrected chi connectivity index (χ4v) is 9.93. The van der Waals surface area contributed by atoms with Gasteiger partial charge in [-0.25, -0.2) is 0 Å². The van der Waals surface area contributed by atoms with Crippen LogP contribution in [0.4, 0.5) is 0 Å². The van der Waals surface area contributed by atoms with Crippen molar-refractivity contribution in [2.45, 2.75) is 368 Å². The first-order valence-corrected chi connectivity index (χ1v) is 31.7. The quantitative estimate of drug-likeness (QED) is 0.0343. The zero-order valence-electron chi connectivity index (χ0n) is 48.2. The van der Waals surface area contributed by atoms with Gasteiger partial charge in [0, 0.05) is 19.3 Å². The van der Waals surface area contributed by atoms with Crippen molar-refractivity contribution in [1.82, 2.24) is 0 Å². The van der Waals surface area contributed by atoms with Crippen LogP contribution >= 0.6 is 0 Å². The number of carbonyl (C=O) groups is 3. The van der Waals surface area contributed by atoms with Crippen LogP contribution in [0.15, 0.2) is 0 Å². The summed E-state index contributed by atoms with van der Waals surface area (Å²) in [5, 5.41) is 0. The van der Waals surface area contributed by atoms with Gasteiger partial charge in [0.2, 0.25) is 0 Å². The lowest BCUT2D eigenvalue weighted by Gasteiger charge is -2.18. The molecule has 0 spiro atoms. The fraction of sp³-hybridized carbons (Fsp3) is 0.953. The molecule has 1 atom stereocenters. The standard InChI is InChI=1S/C64H124O6/c1-6-7-8-9-10-11-12-13-24-29-34-39-44-49-54-62(65)68-57-61(58-69-63(66)55-50-45-40-35-30-25-21-20-23-28-33-38-43-48-53-60(4)5)70-64(67)56-51-46-41-36-31-26-19-17-15-14-16-18-22-27-32-37-42-47-52-59(2)3/h59-61H,6-58H2,1-5H3/t61-/m0/s1. The molecule has 0 heterocycles. The van der Waals surface area contributed by atoms with E-state index in [1.807, 2.05) is 0 Å². The van der Waals surface area contributed by atoms with Crippen LogP contribution in [-0.2, 0) is 28.6 Å². The summed E-state index contributed by atoms with van der Waals surface area (Å²) in [7, 11) is 0. The van der Waals surface area contributed by atoms with Crippen molar-refractivity contribution >= 4 is 17.9 Å². The Labute approximate surface area is 438 Å². The summed E-state index contributed by atoms with van der Waals surface area (Å²) in [4.78, 5) is 38.3. The van der Waals surface area contributed by atoms with Crippen LogP contribution in [0, 0.1) is 11.8 Å². The monoisotopic (exact) mass is 989 g/mol. The molecule has 0 radical (unpaired) electrons. The summed E-state index contributed by atoms with van der Waals surface area (Å²) in [5.74, 6) is 0.872. The Balaban J connectivity index is 4.27. The highest BCUT2D eigenvalue weighted by Crippen LogP contribution is 2.19. The first-order chi connectivity index (χ1) is 34.2. The minimum atomic E-state index is -0.763. The van der Waals surface area contributed by atoms with Gasteiger partial charge in [-0.05, 0) is 31.1 Å². The van der Waals surface area contributed by atoms with Crippen molar-refractivity contribution in [3.8, 4) is 0 Å². The van der Waals surface area contributed by atoms with Crippen molar-refractivity contribution < 1.29 is 28.6 Å². The largest absolute Gasteiger partial charge is 0.462 e. The van der Waals surface area contributed by atoms with Crippen molar-refractivity contribution in [3.63, 3.8) is 0 Å². The molecule has 70 heavy (non-hydrogen) atoms. The lowest BCUT2D eigenvalue weighted by molar-refractivity contribution is -0.167. The van der Waals surface area contributed by atoms with E-state index in [2.05, 4.69) is 34.6 Å². The Morgan fingerprint density at radius 2 is 0.471 bits per heavy atom. The molecule has 0 bridgehead atoms. The summed E-state index contributed by atoms with van der Waals surface area (Å²) in [6.45, 7) is 11.5. The van der Waals surface area contributed by atoms with E-state index in [9.17, 15) is 14.4 Å². The smallest absolute Gasteiger partial charge is 0.306 e. The van der Waals surface area contributed by atoms with E-state index in [4.69, 9.17) is 14.2 Å². The van der Waals surface area contributed by atoms with Gasteiger partial charge in [0.1, 0.15) is 13.2 Å². The molecule has 0 fully saturated rings. The number of carbonyl (C=O) groups excluding carboxylic acids is 3. The molecule has 0 aromatic rings. The summed E-state index contributed by atoms with van der Waals surface area (Å²) in [6.07, 6.45) is 62.4. The summed E-state index contributed by atoms with van der Waals surface area (Å²) in [5.41, 5.74) is 0. The Morgan fingerprint density at radius 1 is 0.271 bits per heavy atom. The number of ether oxygens (including phenoxy) is 3. The van der Waals surface area contributed by atoms with Crippen molar-refractivity contribution in [1.29, 1.82) is 0 Å². The maximum atomic E-state index is 12.9. The molecule has 0 rings (SSSR count). The molecule has 416 valence electrons. The first kappa shape index (κ1) is 68.4. The average Bonchev–Trinajstić information content (AvgIpc) is 3.33. The normalized spacial score (nSPS) is 12.0. The lowest BCUT2D eigenvalue weighted by Crippen LogP contribution is -2.30. The van der Waals surface area contributed by atoms with E-state index < -0.39 is 6.10 Å². The van der Waals surface area contributed by atoms with Gasteiger partial charge in [-0.2, -0.15) is 0 Å². The molecule has 0 amide bonds. The zero-order chi connectivity index (χ0) is 51.1. The van der Waals surface area contributed by atoms with Crippen LogP contribution in [-0.4, -0.2) is 37.2 Å². The minimum Gasteiger partial charge on any atom is -0.462 e. The van der Waals surface area contributed by atoms with E-state index in [0.717, 1.165) is 69.6 Å². The molecule has 6 nitrogen and oxygen atoms in total. The van der Waals surface area contributed by atoms with Gasteiger partial charge >= 0.3 is 17.9 Å². The molecular formula is C64H124O6. The average molecular weight is 990 g/mol. The van der Waals surface area contributed by atoms with Crippen LogP contribution in [0.3, 0.4) is 0 Å². The maximum Gasteiger partial charge on any atom is 0.306 e. The predicted octanol–water partition coefficient (Wildman–Crippen LogP) is 21.2. The summed E-state index contributed by atoms with van der Waals surface area (Å²) in [6, 6.07) is 0. The number of rotatable bonds is 58. The van der Waals surface area contributed by atoms with Crippen molar-refractivity contribution in [2.75, 3.05) is 13.2 Å². The molecule has 0 unspecified atom stereocenters. The molecule has 6 heteroatoms. The molecule has 0 aromatic heterocycles. The van der Waals surface area contributed by atoms with Crippen molar-refractivity contribution in [3.05, 3.63) is 0 Å². The Bertz CT molecular complexity index is 1070. The van der Waals surface area contributed by atoms with Gasteiger partial charge in [-0.1, -0.05) is 324 Å². The topological polar surface area (TPSA) is 78.9 Å². The highest BCUT2D eigenvalue weighted by molar-refractivity contribution is 5.71. The summed E-state index contributed by atoms with van der Waals surface area (Å²) >= 11 is 0. The summed E-state index contributed by atoms with van der Waals surface area (Å²) < 4.78 is 17.0. The first-order valence-electron chi connectivity index (χ1n) is 31.7. The van der Waals surface area contributed by atoms with Crippen LogP contribution in [0.2, 0.25) is 0 Å². The molecule has 0 aliphatic rings. The van der Waals surface area contributed by atoms with Gasteiger partial charge in [0.15, 0.2) is 6.10 Å². The van der Waals surface area contributed by atoms with E-state index in [0.29, 0.717) is 19.3 Å². The van der Waals surface area contributed by atoms with Crippen LogP contribution < -0.4 is 0 Å². The minimum absolute atomic E-state index is 0.0618. The number of unbranched alkanes of at least 4 members (excludes halogenated alkanes) is 43. The maximum absolute atomic E-state index is 12.9. The highest BCUT2D eigenvalue weighted by Gasteiger charge is 2.19. The third-order valence-corrected chi connectivity index (χ3v) is 14.7. The lowest BCUT2D eigenvalue weighted by atomic mass is 10.0. The van der Waals surface area contributed by atoms with Crippen LogP contribution in [0.1, 0.15) is 362 Å². The Hall–Kier alpha value is -1.59. The third kappa shape index (κ3) is 57.3. The van der Waals surface area contributed by atoms with Crippen LogP contribution in [0.5, 0.6) is 0 Å². The Morgan fingerprint density at radius 3 is 0.700 bits per heavy atom. The Kier molecular flexibility index (Phi) is 55.4. The van der Waals surface area contributed by atoms with Gasteiger partial charge < -0.3 is 14.2 Å². The van der Waals surface area contributed by atoms with Crippen LogP contribution in [0.25, 0.3) is 0 Å². The van der Waals surface area contributed by atoms with E-state index in [1.165, 1.54) is 250 Å². The number of hydrogen-bond acceptors (Lipinski definition) is 6. The molecule has 0 aromatic carbocycles. The van der Waals surface area contributed by atoms with Gasteiger partial charge in [0.25, 0.3) is 0 Å². The van der Waals surface area contributed by atoms with Gasteiger partial charge in [-0.15, -0.1) is 0 Å². The molecule has 0 saturated carbocycles. The van der Waals surface area contributed by atoms with E-state index in [1.54, 1.807) is 0 Å². The highest BCUT2D eigenvalue weighted by atomic mass is 16.6. The van der Waals surface area contributed by atoms with Crippen molar-refractivity contribution in [2.24, 2.45) is 11.8 Å². The third-order valence-electron chi connectivity index (χ3n) is 14.7. The van der Waals surface area contributed by atoms with E-state index >= 15 is 0 Å². The predicted molar refractivity (Wildman–Crippen MR) is 303 cm³/mol.